The summed E-state index contributed by atoms with van der Waals surface area (Å²) in [6.07, 6.45) is 0. The molecule has 0 aliphatic carbocycles. The van der Waals surface area contributed by atoms with Crippen molar-refractivity contribution in [3.63, 3.8) is 0 Å². The third-order valence-electron chi connectivity index (χ3n) is 2.60. The van der Waals surface area contributed by atoms with E-state index in [1.165, 1.54) is 12.1 Å². The fourth-order valence-electron chi connectivity index (χ4n) is 1.65. The van der Waals surface area contributed by atoms with E-state index in [1.54, 1.807) is 13.8 Å². The number of nitro groups is 1. The monoisotopic (exact) mass is 299 g/mol. The summed E-state index contributed by atoms with van der Waals surface area (Å²) in [5.41, 5.74) is 4.55. The molecule has 2 amide bonds. The number of hydrogen-bond donors (Lipinski definition) is 1. The van der Waals surface area contributed by atoms with Crippen molar-refractivity contribution in [2.75, 3.05) is 6.54 Å². The molecular weight excluding hydrogens is 286 g/mol. The van der Waals surface area contributed by atoms with Crippen LogP contribution in [0, 0.1) is 10.1 Å². The van der Waals surface area contributed by atoms with Crippen molar-refractivity contribution in [1.29, 1.82) is 0 Å². The van der Waals surface area contributed by atoms with E-state index < -0.39 is 16.7 Å². The highest BCUT2D eigenvalue weighted by molar-refractivity contribution is 6.31. The van der Waals surface area contributed by atoms with Gasteiger partial charge in [-0.1, -0.05) is 11.6 Å². The van der Waals surface area contributed by atoms with Crippen molar-refractivity contribution in [2.24, 2.45) is 5.73 Å². The van der Waals surface area contributed by atoms with Crippen LogP contribution in [-0.2, 0) is 4.79 Å². The number of nitrogens with zero attached hydrogens (tertiary/aromatic N) is 2. The number of nitrogens with two attached hydrogens (primary N) is 1. The van der Waals surface area contributed by atoms with Crippen LogP contribution in [-0.4, -0.2) is 34.2 Å². The molecule has 2 N–H and O–H groups in total. The number of carbonyl (C=O) groups excluding carboxylic acids is 2. The first kappa shape index (κ1) is 15.9. The van der Waals surface area contributed by atoms with Gasteiger partial charge in [0.2, 0.25) is 5.91 Å². The van der Waals surface area contributed by atoms with E-state index in [-0.39, 0.29) is 28.9 Å². The second-order valence-electron chi connectivity index (χ2n) is 4.41. The Morgan fingerprint density at radius 1 is 1.45 bits per heavy atom. The molecule has 1 aromatic rings. The van der Waals surface area contributed by atoms with Crippen molar-refractivity contribution in [1.82, 2.24) is 4.90 Å². The summed E-state index contributed by atoms with van der Waals surface area (Å²) in [4.78, 5) is 34.8. The fraction of sp³-hybridized carbons (Fsp3) is 0.333. The highest BCUT2D eigenvalue weighted by atomic mass is 35.5. The molecule has 0 radical (unpaired) electrons. The van der Waals surface area contributed by atoms with Gasteiger partial charge in [0.05, 0.1) is 11.5 Å². The van der Waals surface area contributed by atoms with E-state index in [2.05, 4.69) is 0 Å². The van der Waals surface area contributed by atoms with E-state index in [0.29, 0.717) is 0 Å². The molecule has 20 heavy (non-hydrogen) atoms. The molecule has 0 aliphatic heterocycles. The standard InChI is InChI=1S/C12H14ClN3O4/c1-7(2)15(6-11(14)17)12(18)9-5-8(13)3-4-10(9)16(19)20/h3-5,7H,6H2,1-2H3,(H2,14,17). The van der Waals surface area contributed by atoms with Crippen molar-refractivity contribution in [2.45, 2.75) is 19.9 Å². The van der Waals surface area contributed by atoms with E-state index >= 15 is 0 Å². The topological polar surface area (TPSA) is 107 Å². The lowest BCUT2D eigenvalue weighted by atomic mass is 10.1. The molecule has 0 bridgehead atoms. The van der Waals surface area contributed by atoms with E-state index in [1.807, 2.05) is 0 Å². The number of benzene rings is 1. The van der Waals surface area contributed by atoms with E-state index in [4.69, 9.17) is 17.3 Å². The van der Waals surface area contributed by atoms with Gasteiger partial charge in [0.25, 0.3) is 11.6 Å². The molecule has 0 atom stereocenters. The number of primary amides is 1. The van der Waals surface area contributed by atoms with Crippen LogP contribution in [0.15, 0.2) is 18.2 Å². The zero-order valence-corrected chi connectivity index (χ0v) is 11.8. The molecule has 0 spiro atoms. The van der Waals surface area contributed by atoms with E-state index in [0.717, 1.165) is 11.0 Å². The molecule has 0 aliphatic rings. The minimum absolute atomic E-state index is 0.169. The zero-order valence-electron chi connectivity index (χ0n) is 11.0. The van der Waals surface area contributed by atoms with Gasteiger partial charge in [-0.15, -0.1) is 0 Å². The summed E-state index contributed by atoms with van der Waals surface area (Å²) < 4.78 is 0. The van der Waals surface area contributed by atoms with Crippen molar-refractivity contribution in [3.05, 3.63) is 38.9 Å². The lowest BCUT2D eigenvalue weighted by Gasteiger charge is -2.25. The Balaban J connectivity index is 3.27. The average molecular weight is 300 g/mol. The molecule has 108 valence electrons. The minimum atomic E-state index is -0.697. The SMILES string of the molecule is CC(C)N(CC(N)=O)C(=O)c1cc(Cl)ccc1[N+](=O)[O-]. The van der Waals surface area contributed by atoms with Gasteiger partial charge in [-0.3, -0.25) is 19.7 Å². The van der Waals surface area contributed by atoms with Crippen molar-refractivity contribution < 1.29 is 14.5 Å². The highest BCUT2D eigenvalue weighted by Gasteiger charge is 2.27. The highest BCUT2D eigenvalue weighted by Crippen LogP contribution is 2.24. The molecule has 0 fully saturated rings. The van der Waals surface area contributed by atoms with Crippen LogP contribution in [0.5, 0.6) is 0 Å². The van der Waals surface area contributed by atoms with Gasteiger partial charge in [-0.2, -0.15) is 0 Å². The van der Waals surface area contributed by atoms with Crippen LogP contribution in [0.1, 0.15) is 24.2 Å². The Morgan fingerprint density at radius 2 is 2.05 bits per heavy atom. The molecule has 0 heterocycles. The first-order valence-electron chi connectivity index (χ1n) is 5.77. The van der Waals surface area contributed by atoms with Gasteiger partial charge in [0.1, 0.15) is 5.56 Å². The van der Waals surface area contributed by atoms with Gasteiger partial charge in [0, 0.05) is 17.1 Å². The summed E-state index contributed by atoms with van der Waals surface area (Å²) in [5.74, 6) is -1.36. The number of amides is 2. The maximum absolute atomic E-state index is 12.4. The Kier molecular flexibility index (Phi) is 5.04. The number of rotatable bonds is 5. The van der Waals surface area contributed by atoms with Crippen LogP contribution in [0.2, 0.25) is 5.02 Å². The second kappa shape index (κ2) is 6.33. The molecule has 0 unspecified atom stereocenters. The van der Waals surface area contributed by atoms with Gasteiger partial charge in [0.15, 0.2) is 0 Å². The molecule has 7 nitrogen and oxygen atoms in total. The fourth-order valence-corrected chi connectivity index (χ4v) is 1.82. The van der Waals surface area contributed by atoms with Crippen molar-refractivity contribution in [3.8, 4) is 0 Å². The van der Waals surface area contributed by atoms with Crippen LogP contribution in [0.25, 0.3) is 0 Å². The lowest BCUT2D eigenvalue weighted by molar-refractivity contribution is -0.385. The number of nitro benzene ring substituents is 1. The first-order valence-corrected chi connectivity index (χ1v) is 6.15. The third-order valence-corrected chi connectivity index (χ3v) is 2.83. The summed E-state index contributed by atoms with van der Waals surface area (Å²) in [7, 11) is 0. The third kappa shape index (κ3) is 3.67. The maximum atomic E-state index is 12.4. The Hall–Kier alpha value is -2.15. The summed E-state index contributed by atoms with van der Waals surface area (Å²) >= 11 is 5.77. The predicted molar refractivity (Wildman–Crippen MR) is 73.5 cm³/mol. The Labute approximate surface area is 120 Å². The van der Waals surface area contributed by atoms with Gasteiger partial charge >= 0.3 is 0 Å². The number of halogens is 1. The van der Waals surface area contributed by atoms with Crippen molar-refractivity contribution >= 4 is 29.1 Å². The minimum Gasteiger partial charge on any atom is -0.368 e. The smallest absolute Gasteiger partial charge is 0.282 e. The van der Waals surface area contributed by atoms with Crippen LogP contribution < -0.4 is 5.73 Å². The normalized spacial score (nSPS) is 10.4. The maximum Gasteiger partial charge on any atom is 0.282 e. The van der Waals surface area contributed by atoms with Gasteiger partial charge in [-0.05, 0) is 26.0 Å². The molecule has 8 heteroatoms. The molecule has 1 rings (SSSR count). The van der Waals surface area contributed by atoms with Crippen LogP contribution in [0.4, 0.5) is 5.69 Å². The average Bonchev–Trinajstić information content (AvgIpc) is 2.34. The summed E-state index contributed by atoms with van der Waals surface area (Å²) in [6, 6.07) is 3.34. The Bertz CT molecular complexity index is 560. The molecule has 0 aromatic heterocycles. The van der Waals surface area contributed by atoms with Crippen LogP contribution >= 0.6 is 11.6 Å². The Morgan fingerprint density at radius 3 is 2.50 bits per heavy atom. The van der Waals surface area contributed by atoms with Crippen LogP contribution in [0.3, 0.4) is 0 Å². The summed E-state index contributed by atoms with van der Waals surface area (Å²) in [6.45, 7) is 3.04. The second-order valence-corrected chi connectivity index (χ2v) is 4.85. The van der Waals surface area contributed by atoms with E-state index in [9.17, 15) is 19.7 Å². The predicted octanol–water partition coefficient (Wildman–Crippen LogP) is 1.58. The molecular formula is C12H14ClN3O4. The summed E-state index contributed by atoms with van der Waals surface area (Å²) in [5, 5.41) is 11.1. The quantitative estimate of drug-likeness (QED) is 0.658. The van der Waals surface area contributed by atoms with Gasteiger partial charge in [-0.25, -0.2) is 0 Å². The largest absolute Gasteiger partial charge is 0.368 e. The molecule has 0 saturated heterocycles. The number of hydrogen-bond acceptors (Lipinski definition) is 4. The first-order chi connectivity index (χ1) is 9.23. The number of carbonyl (C=O) groups is 2. The molecule has 1 aromatic carbocycles. The van der Waals surface area contributed by atoms with Gasteiger partial charge < -0.3 is 10.6 Å². The zero-order chi connectivity index (χ0) is 15.4. The lowest BCUT2D eigenvalue weighted by Crippen LogP contribution is -2.42. The molecule has 0 saturated carbocycles.